The van der Waals surface area contributed by atoms with Gasteiger partial charge in [-0.3, -0.25) is 0 Å². The van der Waals surface area contributed by atoms with E-state index in [1.54, 1.807) is 0 Å². The maximum absolute atomic E-state index is 5.62. The molecule has 2 rings (SSSR count). The minimum Gasteiger partial charge on any atom is -0.368 e. The highest BCUT2D eigenvalue weighted by Gasteiger charge is 2.05. The van der Waals surface area contributed by atoms with Crippen LogP contribution in [-0.4, -0.2) is 14.8 Å². The molecule has 0 amide bonds. The summed E-state index contributed by atoms with van der Waals surface area (Å²) in [7, 11) is 1.89. The molecule has 4 nitrogen and oxygen atoms in total. The maximum Gasteiger partial charge on any atom is 0.221 e. The van der Waals surface area contributed by atoms with Gasteiger partial charge in [0.05, 0.1) is 0 Å². The van der Waals surface area contributed by atoms with Crippen LogP contribution in [0, 0.1) is 6.92 Å². The zero-order valence-corrected chi connectivity index (χ0v) is 9.64. The van der Waals surface area contributed by atoms with Gasteiger partial charge >= 0.3 is 0 Å². The second-order valence-corrected chi connectivity index (χ2v) is 4.02. The van der Waals surface area contributed by atoms with Crippen LogP contribution >= 0.6 is 0 Å². The summed E-state index contributed by atoms with van der Waals surface area (Å²) < 4.78 is 1.83. The Balaban J connectivity index is 2.05. The number of anilines is 1. The fourth-order valence-corrected chi connectivity index (χ4v) is 1.72. The summed E-state index contributed by atoms with van der Waals surface area (Å²) in [6, 6.07) is 8.51. The van der Waals surface area contributed by atoms with Crippen LogP contribution in [0.1, 0.15) is 17.0 Å². The highest BCUT2D eigenvalue weighted by Crippen LogP contribution is 2.08. The number of nitrogen functional groups attached to an aromatic ring is 1. The molecule has 84 valence electrons. The van der Waals surface area contributed by atoms with Crippen molar-refractivity contribution < 1.29 is 0 Å². The molecule has 1 heterocycles. The van der Waals surface area contributed by atoms with Crippen LogP contribution in [0.3, 0.4) is 0 Å². The molecule has 2 aromatic rings. The van der Waals surface area contributed by atoms with E-state index in [2.05, 4.69) is 41.4 Å². The topological polar surface area (TPSA) is 56.7 Å². The first-order valence-corrected chi connectivity index (χ1v) is 5.36. The quantitative estimate of drug-likeness (QED) is 0.845. The molecule has 2 N–H and O–H groups in total. The van der Waals surface area contributed by atoms with Gasteiger partial charge in [0, 0.05) is 13.5 Å². The zero-order chi connectivity index (χ0) is 11.5. The number of hydrogen-bond donors (Lipinski definition) is 1. The predicted molar refractivity (Wildman–Crippen MR) is 64.0 cm³/mol. The molecule has 0 aliphatic heterocycles. The molecule has 1 aromatic carbocycles. The molecule has 0 bridgehead atoms. The van der Waals surface area contributed by atoms with Gasteiger partial charge in [0.2, 0.25) is 5.95 Å². The van der Waals surface area contributed by atoms with Crippen molar-refractivity contribution in [3.63, 3.8) is 0 Å². The van der Waals surface area contributed by atoms with Crippen LogP contribution in [0.15, 0.2) is 24.3 Å². The van der Waals surface area contributed by atoms with E-state index in [1.807, 2.05) is 11.6 Å². The normalized spacial score (nSPS) is 10.6. The van der Waals surface area contributed by atoms with Crippen LogP contribution in [0.5, 0.6) is 0 Å². The van der Waals surface area contributed by atoms with Crippen molar-refractivity contribution in [1.82, 2.24) is 14.8 Å². The van der Waals surface area contributed by atoms with Crippen molar-refractivity contribution in [3.05, 3.63) is 41.2 Å². The first-order valence-electron chi connectivity index (χ1n) is 5.36. The number of nitrogens with two attached hydrogens (primary N) is 1. The molecule has 1 aromatic heterocycles. The molecule has 0 aliphatic carbocycles. The third kappa shape index (κ3) is 2.21. The van der Waals surface area contributed by atoms with Gasteiger partial charge in [0.1, 0.15) is 5.82 Å². The largest absolute Gasteiger partial charge is 0.368 e. The van der Waals surface area contributed by atoms with Crippen molar-refractivity contribution >= 4 is 5.95 Å². The molecule has 0 radical (unpaired) electrons. The summed E-state index contributed by atoms with van der Waals surface area (Å²) >= 11 is 0. The van der Waals surface area contributed by atoms with E-state index >= 15 is 0 Å². The average Bonchev–Trinajstić information content (AvgIpc) is 2.57. The lowest BCUT2D eigenvalue weighted by atomic mass is 10.1. The van der Waals surface area contributed by atoms with Gasteiger partial charge in [0.25, 0.3) is 0 Å². The van der Waals surface area contributed by atoms with Gasteiger partial charge in [-0.15, -0.1) is 10.2 Å². The van der Waals surface area contributed by atoms with E-state index in [0.717, 1.165) is 18.7 Å². The Morgan fingerprint density at radius 2 is 2.06 bits per heavy atom. The molecule has 0 aliphatic rings. The standard InChI is InChI=1S/C12H16N4/c1-9-4-3-5-10(8-9)6-7-11-14-15-12(13)16(11)2/h3-5,8H,6-7H2,1-2H3,(H2,13,15). The number of aromatic nitrogens is 3. The Morgan fingerprint density at radius 3 is 2.69 bits per heavy atom. The molecule has 0 fully saturated rings. The van der Waals surface area contributed by atoms with Crippen LogP contribution in [0.2, 0.25) is 0 Å². The fourth-order valence-electron chi connectivity index (χ4n) is 1.72. The van der Waals surface area contributed by atoms with E-state index in [9.17, 15) is 0 Å². The molecular formula is C12H16N4. The van der Waals surface area contributed by atoms with Gasteiger partial charge in [0.15, 0.2) is 0 Å². The van der Waals surface area contributed by atoms with Gasteiger partial charge < -0.3 is 10.3 Å². The number of hydrogen-bond acceptors (Lipinski definition) is 3. The van der Waals surface area contributed by atoms with Crippen LogP contribution in [-0.2, 0) is 19.9 Å². The van der Waals surface area contributed by atoms with Gasteiger partial charge in [-0.2, -0.15) is 0 Å². The Kier molecular flexibility index (Phi) is 2.90. The van der Waals surface area contributed by atoms with Crippen molar-refractivity contribution in [2.45, 2.75) is 19.8 Å². The Morgan fingerprint density at radius 1 is 1.25 bits per heavy atom. The van der Waals surface area contributed by atoms with Crippen molar-refractivity contribution in [2.24, 2.45) is 7.05 Å². The summed E-state index contributed by atoms with van der Waals surface area (Å²) in [6.45, 7) is 2.10. The van der Waals surface area contributed by atoms with Crippen LogP contribution in [0.25, 0.3) is 0 Å². The van der Waals surface area contributed by atoms with Crippen molar-refractivity contribution in [3.8, 4) is 0 Å². The Labute approximate surface area is 95.1 Å². The molecular weight excluding hydrogens is 200 g/mol. The average molecular weight is 216 g/mol. The van der Waals surface area contributed by atoms with E-state index in [4.69, 9.17) is 5.73 Å². The van der Waals surface area contributed by atoms with Crippen molar-refractivity contribution in [2.75, 3.05) is 5.73 Å². The number of rotatable bonds is 3. The predicted octanol–water partition coefficient (Wildman–Crippen LogP) is 1.49. The highest BCUT2D eigenvalue weighted by molar-refractivity contribution is 5.23. The molecule has 0 atom stereocenters. The molecule has 0 saturated carbocycles. The smallest absolute Gasteiger partial charge is 0.221 e. The second kappa shape index (κ2) is 4.35. The summed E-state index contributed by atoms with van der Waals surface area (Å²) in [6.07, 6.45) is 1.83. The SMILES string of the molecule is Cc1cccc(CCc2nnc(N)n2C)c1. The summed E-state index contributed by atoms with van der Waals surface area (Å²) in [4.78, 5) is 0. The maximum atomic E-state index is 5.62. The van der Waals surface area contributed by atoms with Crippen LogP contribution < -0.4 is 5.73 Å². The Bertz CT molecular complexity index is 488. The summed E-state index contributed by atoms with van der Waals surface area (Å²) in [5.41, 5.74) is 8.23. The lowest BCUT2D eigenvalue weighted by Gasteiger charge is -2.03. The molecule has 4 heteroatoms. The second-order valence-electron chi connectivity index (χ2n) is 4.02. The van der Waals surface area contributed by atoms with E-state index in [1.165, 1.54) is 11.1 Å². The molecule has 0 saturated heterocycles. The number of aryl methyl sites for hydroxylation is 3. The fraction of sp³-hybridized carbons (Fsp3) is 0.333. The van der Waals surface area contributed by atoms with E-state index < -0.39 is 0 Å². The Hall–Kier alpha value is -1.84. The van der Waals surface area contributed by atoms with Gasteiger partial charge in [-0.1, -0.05) is 29.8 Å². The number of nitrogens with zero attached hydrogens (tertiary/aromatic N) is 3. The van der Waals surface area contributed by atoms with Gasteiger partial charge in [-0.25, -0.2) is 0 Å². The van der Waals surface area contributed by atoms with Crippen LogP contribution in [0.4, 0.5) is 5.95 Å². The monoisotopic (exact) mass is 216 g/mol. The van der Waals surface area contributed by atoms with E-state index in [0.29, 0.717) is 5.95 Å². The van der Waals surface area contributed by atoms with Crippen molar-refractivity contribution in [1.29, 1.82) is 0 Å². The van der Waals surface area contributed by atoms with Gasteiger partial charge in [-0.05, 0) is 18.9 Å². The third-order valence-electron chi connectivity index (χ3n) is 2.72. The first kappa shape index (κ1) is 10.7. The summed E-state index contributed by atoms with van der Waals surface area (Å²) in [5, 5.41) is 7.88. The molecule has 0 spiro atoms. The molecule has 16 heavy (non-hydrogen) atoms. The highest BCUT2D eigenvalue weighted by atomic mass is 15.3. The first-order chi connectivity index (χ1) is 7.66. The van der Waals surface area contributed by atoms with E-state index in [-0.39, 0.29) is 0 Å². The zero-order valence-electron chi connectivity index (χ0n) is 9.64. The minimum absolute atomic E-state index is 0.472. The number of benzene rings is 1. The molecule has 0 unspecified atom stereocenters. The minimum atomic E-state index is 0.472. The summed E-state index contributed by atoms with van der Waals surface area (Å²) in [5.74, 6) is 1.40. The lowest BCUT2D eigenvalue weighted by molar-refractivity contribution is 0.774. The third-order valence-corrected chi connectivity index (χ3v) is 2.72. The lowest BCUT2D eigenvalue weighted by Crippen LogP contribution is -2.03.